The first-order valence-corrected chi connectivity index (χ1v) is 5.87. The third-order valence-electron chi connectivity index (χ3n) is 2.21. The van der Waals surface area contributed by atoms with E-state index in [-0.39, 0.29) is 0 Å². The molecule has 0 aromatic carbocycles. The molecule has 84 valence electrons. The van der Waals surface area contributed by atoms with E-state index < -0.39 is 0 Å². The first kappa shape index (κ1) is 11.4. The van der Waals surface area contributed by atoms with Crippen molar-refractivity contribution in [2.45, 2.75) is 13.5 Å². The van der Waals surface area contributed by atoms with E-state index in [9.17, 15) is 0 Å². The third kappa shape index (κ3) is 2.54. The van der Waals surface area contributed by atoms with E-state index >= 15 is 0 Å². The summed E-state index contributed by atoms with van der Waals surface area (Å²) in [5.74, 6) is 0. The Balaban J connectivity index is 2.05. The van der Waals surface area contributed by atoms with E-state index in [0.29, 0.717) is 11.7 Å². The molecule has 2 heterocycles. The largest absolute Gasteiger partial charge is 0.380 e. The van der Waals surface area contributed by atoms with Gasteiger partial charge in [0.1, 0.15) is 5.15 Å². The number of hydrogen-bond acceptors (Lipinski definition) is 3. The fraction of sp³-hybridized carbons (Fsp3) is 0.200. The summed E-state index contributed by atoms with van der Waals surface area (Å²) in [6, 6.07) is 1.89. The number of aryl methyl sites for hydroxylation is 1. The Morgan fingerprint density at radius 3 is 2.94 bits per heavy atom. The molecule has 0 radical (unpaired) electrons. The van der Waals surface area contributed by atoms with Crippen LogP contribution in [0.3, 0.4) is 0 Å². The zero-order valence-corrected chi connectivity index (χ0v) is 10.9. The molecule has 6 heteroatoms. The molecule has 0 saturated carbocycles. The molecule has 16 heavy (non-hydrogen) atoms. The fourth-order valence-corrected chi connectivity index (χ4v) is 1.72. The van der Waals surface area contributed by atoms with Crippen LogP contribution in [0.1, 0.15) is 11.3 Å². The second-order valence-electron chi connectivity index (χ2n) is 3.37. The van der Waals surface area contributed by atoms with Crippen molar-refractivity contribution < 1.29 is 0 Å². The maximum absolute atomic E-state index is 5.80. The summed E-state index contributed by atoms with van der Waals surface area (Å²) in [6.45, 7) is 2.69. The van der Waals surface area contributed by atoms with Crippen LogP contribution >= 0.6 is 27.5 Å². The van der Waals surface area contributed by atoms with Gasteiger partial charge >= 0.3 is 0 Å². The molecular formula is C10H10BrClN4. The lowest BCUT2D eigenvalue weighted by Crippen LogP contribution is -2.00. The van der Waals surface area contributed by atoms with Crippen molar-refractivity contribution in [1.29, 1.82) is 0 Å². The average Bonchev–Trinajstić information content (AvgIpc) is 2.66. The molecule has 0 unspecified atom stereocenters. The lowest BCUT2D eigenvalue weighted by atomic mass is 10.2. The molecule has 2 N–H and O–H groups in total. The Hall–Kier alpha value is -1.07. The van der Waals surface area contributed by atoms with Crippen LogP contribution in [0.4, 0.5) is 5.69 Å². The van der Waals surface area contributed by atoms with Crippen LogP contribution in [0.15, 0.2) is 22.9 Å². The van der Waals surface area contributed by atoms with Crippen LogP contribution < -0.4 is 5.32 Å². The molecule has 0 spiro atoms. The predicted octanol–water partition coefficient (Wildman–Crippen LogP) is 3.14. The highest BCUT2D eigenvalue weighted by atomic mass is 79.9. The van der Waals surface area contributed by atoms with Crippen molar-refractivity contribution in [3.05, 3.63) is 39.3 Å². The summed E-state index contributed by atoms with van der Waals surface area (Å²) >= 11 is 9.13. The Bertz CT molecular complexity index is 497. The summed E-state index contributed by atoms with van der Waals surface area (Å²) < 4.78 is 0.781. The summed E-state index contributed by atoms with van der Waals surface area (Å²) in [7, 11) is 0. The van der Waals surface area contributed by atoms with Crippen molar-refractivity contribution in [1.82, 2.24) is 15.2 Å². The fourth-order valence-electron chi connectivity index (χ4n) is 1.27. The number of rotatable bonds is 3. The average molecular weight is 302 g/mol. The van der Waals surface area contributed by atoms with E-state index in [4.69, 9.17) is 11.6 Å². The second-order valence-corrected chi connectivity index (χ2v) is 4.58. The van der Waals surface area contributed by atoms with Crippen molar-refractivity contribution in [3.63, 3.8) is 0 Å². The standard InChI is InChI=1S/C10H10BrClN4/c1-6-7(4-15-16-6)3-13-8-2-9(11)10(12)14-5-8/h2,4-5,13H,3H2,1H3,(H,15,16). The Morgan fingerprint density at radius 1 is 1.50 bits per heavy atom. The number of aromatic nitrogens is 3. The predicted molar refractivity (Wildman–Crippen MR) is 67.6 cm³/mol. The van der Waals surface area contributed by atoms with E-state index in [2.05, 4.69) is 36.4 Å². The first-order valence-electron chi connectivity index (χ1n) is 4.70. The molecule has 2 rings (SSSR count). The smallest absolute Gasteiger partial charge is 0.143 e. The Kier molecular flexibility index (Phi) is 3.46. The van der Waals surface area contributed by atoms with Crippen molar-refractivity contribution in [2.24, 2.45) is 0 Å². The van der Waals surface area contributed by atoms with E-state index in [1.165, 1.54) is 0 Å². The number of aromatic amines is 1. The van der Waals surface area contributed by atoms with Crippen molar-refractivity contribution in [2.75, 3.05) is 5.32 Å². The molecule has 4 nitrogen and oxygen atoms in total. The Morgan fingerprint density at radius 2 is 2.31 bits per heavy atom. The van der Waals surface area contributed by atoms with Gasteiger partial charge in [-0.05, 0) is 28.9 Å². The maximum Gasteiger partial charge on any atom is 0.143 e. The zero-order valence-electron chi connectivity index (χ0n) is 8.59. The van der Waals surface area contributed by atoms with Gasteiger partial charge in [0.15, 0.2) is 0 Å². The number of nitrogens with one attached hydrogen (secondary N) is 2. The number of H-pyrrole nitrogens is 1. The van der Waals surface area contributed by atoms with Gasteiger partial charge in [-0.3, -0.25) is 5.10 Å². The molecule has 0 aliphatic rings. The third-order valence-corrected chi connectivity index (χ3v) is 3.35. The highest BCUT2D eigenvalue weighted by molar-refractivity contribution is 9.10. The minimum absolute atomic E-state index is 0.463. The van der Waals surface area contributed by atoms with Crippen molar-refractivity contribution in [3.8, 4) is 0 Å². The van der Waals surface area contributed by atoms with Crippen LogP contribution in [-0.2, 0) is 6.54 Å². The normalized spacial score (nSPS) is 10.4. The number of anilines is 1. The summed E-state index contributed by atoms with van der Waals surface area (Å²) in [5.41, 5.74) is 3.11. The van der Waals surface area contributed by atoms with Gasteiger partial charge in [-0.1, -0.05) is 11.6 Å². The van der Waals surface area contributed by atoms with Crippen LogP contribution in [0.2, 0.25) is 5.15 Å². The number of halogens is 2. The van der Waals surface area contributed by atoms with Crippen LogP contribution in [0.25, 0.3) is 0 Å². The second kappa shape index (κ2) is 4.84. The molecule has 0 atom stereocenters. The van der Waals surface area contributed by atoms with Crippen LogP contribution in [0.5, 0.6) is 0 Å². The summed E-state index contributed by atoms with van der Waals surface area (Å²) in [6.07, 6.45) is 3.50. The summed E-state index contributed by atoms with van der Waals surface area (Å²) in [4.78, 5) is 4.03. The van der Waals surface area contributed by atoms with Gasteiger partial charge in [-0.25, -0.2) is 4.98 Å². The van der Waals surface area contributed by atoms with E-state index in [1.807, 2.05) is 13.0 Å². The van der Waals surface area contributed by atoms with Gasteiger partial charge in [0.2, 0.25) is 0 Å². The van der Waals surface area contributed by atoms with Gasteiger partial charge in [0.25, 0.3) is 0 Å². The topological polar surface area (TPSA) is 53.6 Å². The van der Waals surface area contributed by atoms with Gasteiger partial charge in [0, 0.05) is 17.8 Å². The first-order chi connectivity index (χ1) is 7.66. The van der Waals surface area contributed by atoms with Crippen molar-refractivity contribution >= 4 is 33.2 Å². The molecule has 0 fully saturated rings. The monoisotopic (exact) mass is 300 g/mol. The number of pyridine rings is 1. The maximum atomic E-state index is 5.80. The molecule has 0 bridgehead atoms. The minimum atomic E-state index is 0.463. The van der Waals surface area contributed by atoms with Gasteiger partial charge in [0.05, 0.1) is 22.6 Å². The zero-order chi connectivity index (χ0) is 11.5. The lowest BCUT2D eigenvalue weighted by Gasteiger charge is -2.06. The van der Waals surface area contributed by atoms with E-state index in [0.717, 1.165) is 21.4 Å². The molecule has 0 aliphatic heterocycles. The quantitative estimate of drug-likeness (QED) is 0.856. The SMILES string of the molecule is Cc1[nH]ncc1CNc1cnc(Cl)c(Br)c1. The molecule has 0 saturated heterocycles. The number of nitrogens with zero attached hydrogens (tertiary/aromatic N) is 2. The highest BCUT2D eigenvalue weighted by Crippen LogP contribution is 2.23. The van der Waals surface area contributed by atoms with Gasteiger partial charge in [-0.15, -0.1) is 0 Å². The van der Waals surface area contributed by atoms with E-state index in [1.54, 1.807) is 12.4 Å². The lowest BCUT2D eigenvalue weighted by molar-refractivity contribution is 1.04. The van der Waals surface area contributed by atoms with Crippen LogP contribution in [-0.4, -0.2) is 15.2 Å². The van der Waals surface area contributed by atoms with Gasteiger partial charge in [-0.2, -0.15) is 5.10 Å². The van der Waals surface area contributed by atoms with Crippen LogP contribution in [0, 0.1) is 6.92 Å². The van der Waals surface area contributed by atoms with Gasteiger partial charge < -0.3 is 5.32 Å². The minimum Gasteiger partial charge on any atom is -0.380 e. The molecule has 2 aromatic rings. The summed E-state index contributed by atoms with van der Waals surface area (Å²) in [5, 5.41) is 10.6. The molecule has 2 aromatic heterocycles. The highest BCUT2D eigenvalue weighted by Gasteiger charge is 2.02. The Labute approximate surface area is 107 Å². The molecule has 0 aliphatic carbocycles. The number of hydrogen-bond donors (Lipinski definition) is 2. The molecule has 0 amide bonds. The molecular weight excluding hydrogens is 291 g/mol.